The lowest BCUT2D eigenvalue weighted by Gasteiger charge is -2.25. The van der Waals surface area contributed by atoms with Gasteiger partial charge in [0, 0.05) is 26.2 Å². The van der Waals surface area contributed by atoms with Gasteiger partial charge in [-0.2, -0.15) is 4.31 Å². The highest BCUT2D eigenvalue weighted by Crippen LogP contribution is 2.24. The number of methoxy groups -OCH3 is 1. The Hall–Kier alpha value is -2.67. The average Bonchev–Trinajstić information content (AvgIpc) is 2.87. The zero-order chi connectivity index (χ0) is 25.5. The topological polar surface area (TPSA) is 131 Å². The van der Waals surface area contributed by atoms with Gasteiger partial charge in [0.1, 0.15) is 18.1 Å². The van der Waals surface area contributed by atoms with Gasteiger partial charge in [0.2, 0.25) is 20.0 Å². The molecule has 0 atom stereocenters. The standard InChI is InChI=1S/C23H31N3O7S2/c1-3-24-23(27)21-17-20(11-12-22(21)32-2)34(28,29)25-13-16-33-18-7-9-19(10-8-18)35(30,31)26-14-5-4-6-15-26/h7-12,17,25H,3-6,13-16H2,1-2H3,(H,24,27). The van der Waals surface area contributed by atoms with E-state index < -0.39 is 26.0 Å². The SMILES string of the molecule is CCNC(=O)c1cc(S(=O)(=O)NCCOc2ccc(S(=O)(=O)N3CCCCC3)cc2)ccc1OC. The number of hydrogen-bond acceptors (Lipinski definition) is 7. The molecule has 192 valence electrons. The Bertz CT molecular complexity index is 1220. The Labute approximate surface area is 206 Å². The van der Waals surface area contributed by atoms with E-state index in [2.05, 4.69) is 10.0 Å². The van der Waals surface area contributed by atoms with E-state index in [4.69, 9.17) is 9.47 Å². The smallest absolute Gasteiger partial charge is 0.255 e. The summed E-state index contributed by atoms with van der Waals surface area (Å²) in [4.78, 5) is 12.4. The van der Waals surface area contributed by atoms with Crippen LogP contribution in [-0.2, 0) is 20.0 Å². The van der Waals surface area contributed by atoms with Gasteiger partial charge in [-0.3, -0.25) is 4.79 Å². The van der Waals surface area contributed by atoms with Crippen LogP contribution in [0.3, 0.4) is 0 Å². The van der Waals surface area contributed by atoms with Gasteiger partial charge in [-0.25, -0.2) is 21.6 Å². The normalized spacial score (nSPS) is 14.9. The molecule has 1 fully saturated rings. The zero-order valence-electron chi connectivity index (χ0n) is 19.8. The Morgan fingerprint density at radius 1 is 0.971 bits per heavy atom. The van der Waals surface area contributed by atoms with Crippen molar-refractivity contribution >= 4 is 26.0 Å². The third kappa shape index (κ3) is 6.72. The first-order valence-corrected chi connectivity index (χ1v) is 14.3. The highest BCUT2D eigenvalue weighted by atomic mass is 32.2. The summed E-state index contributed by atoms with van der Waals surface area (Å²) in [6.45, 7) is 3.20. The summed E-state index contributed by atoms with van der Waals surface area (Å²) >= 11 is 0. The summed E-state index contributed by atoms with van der Waals surface area (Å²) in [5.74, 6) is 0.254. The molecule has 0 unspecified atom stereocenters. The van der Waals surface area contributed by atoms with Crippen molar-refractivity contribution in [2.45, 2.75) is 36.0 Å². The average molecular weight is 526 g/mol. The molecule has 0 saturated carbocycles. The van der Waals surface area contributed by atoms with Crippen LogP contribution in [0.25, 0.3) is 0 Å². The van der Waals surface area contributed by atoms with Crippen LogP contribution in [0.2, 0.25) is 0 Å². The third-order valence-electron chi connectivity index (χ3n) is 5.50. The van der Waals surface area contributed by atoms with Crippen molar-refractivity contribution in [1.82, 2.24) is 14.3 Å². The second-order valence-corrected chi connectivity index (χ2v) is 11.6. The van der Waals surface area contributed by atoms with Gasteiger partial charge in [-0.05, 0) is 62.2 Å². The minimum Gasteiger partial charge on any atom is -0.496 e. The fourth-order valence-corrected chi connectivity index (χ4v) is 6.23. The fourth-order valence-electron chi connectivity index (χ4n) is 3.68. The van der Waals surface area contributed by atoms with Crippen LogP contribution in [0.15, 0.2) is 52.3 Å². The molecule has 0 aromatic heterocycles. The van der Waals surface area contributed by atoms with Crippen LogP contribution in [-0.4, -0.2) is 66.9 Å². The van der Waals surface area contributed by atoms with Crippen LogP contribution < -0.4 is 19.5 Å². The second kappa shape index (κ2) is 11.8. The number of carbonyl (C=O) groups is 1. The summed E-state index contributed by atoms with van der Waals surface area (Å²) in [6, 6.07) is 10.1. The molecular weight excluding hydrogens is 494 g/mol. The molecule has 1 aliphatic heterocycles. The zero-order valence-corrected chi connectivity index (χ0v) is 21.5. The predicted octanol–water partition coefficient (Wildman–Crippen LogP) is 1.98. The Balaban J connectivity index is 1.57. The van der Waals surface area contributed by atoms with Gasteiger partial charge in [-0.15, -0.1) is 0 Å². The maximum absolute atomic E-state index is 12.7. The molecule has 0 aliphatic carbocycles. The first-order chi connectivity index (χ1) is 16.7. The number of amides is 1. The molecule has 1 aliphatic rings. The Morgan fingerprint density at radius 2 is 1.63 bits per heavy atom. The molecular formula is C23H31N3O7S2. The van der Waals surface area contributed by atoms with E-state index in [9.17, 15) is 21.6 Å². The third-order valence-corrected chi connectivity index (χ3v) is 8.87. The van der Waals surface area contributed by atoms with Crippen molar-refractivity contribution in [3.63, 3.8) is 0 Å². The molecule has 3 rings (SSSR count). The number of nitrogens with one attached hydrogen (secondary N) is 2. The minimum atomic E-state index is -3.90. The molecule has 0 spiro atoms. The number of hydrogen-bond donors (Lipinski definition) is 2. The molecule has 1 heterocycles. The lowest BCUT2D eigenvalue weighted by Crippen LogP contribution is -2.35. The fraction of sp³-hybridized carbons (Fsp3) is 0.435. The first kappa shape index (κ1) is 26.9. The molecule has 35 heavy (non-hydrogen) atoms. The number of sulfonamides is 2. The highest BCUT2D eigenvalue weighted by Gasteiger charge is 2.25. The summed E-state index contributed by atoms with van der Waals surface area (Å²) in [5, 5.41) is 2.62. The molecule has 1 saturated heterocycles. The number of rotatable bonds is 11. The summed E-state index contributed by atoms with van der Waals surface area (Å²) in [7, 11) is -6.02. The largest absolute Gasteiger partial charge is 0.496 e. The van der Waals surface area contributed by atoms with Gasteiger partial charge >= 0.3 is 0 Å². The number of nitrogens with zero attached hydrogens (tertiary/aromatic N) is 1. The van der Waals surface area contributed by atoms with Gasteiger partial charge in [0.25, 0.3) is 5.91 Å². The molecule has 12 heteroatoms. The van der Waals surface area contributed by atoms with E-state index in [0.717, 1.165) is 19.3 Å². The van der Waals surface area contributed by atoms with E-state index in [0.29, 0.717) is 25.4 Å². The lowest BCUT2D eigenvalue weighted by atomic mass is 10.2. The first-order valence-electron chi connectivity index (χ1n) is 11.4. The maximum atomic E-state index is 12.7. The Morgan fingerprint density at radius 3 is 2.26 bits per heavy atom. The van der Waals surface area contributed by atoms with Crippen LogP contribution >= 0.6 is 0 Å². The molecule has 2 aromatic carbocycles. The molecule has 10 nitrogen and oxygen atoms in total. The second-order valence-electron chi connectivity index (χ2n) is 7.90. The highest BCUT2D eigenvalue weighted by molar-refractivity contribution is 7.89. The molecule has 2 N–H and O–H groups in total. The molecule has 2 aromatic rings. The van der Waals surface area contributed by atoms with Crippen LogP contribution in [0.4, 0.5) is 0 Å². The number of carbonyl (C=O) groups excluding carboxylic acids is 1. The monoisotopic (exact) mass is 525 g/mol. The van der Waals surface area contributed by atoms with E-state index >= 15 is 0 Å². The predicted molar refractivity (Wildman–Crippen MR) is 131 cm³/mol. The number of piperidine rings is 1. The summed E-state index contributed by atoms with van der Waals surface area (Å²) in [6.07, 6.45) is 2.76. The van der Waals surface area contributed by atoms with E-state index in [1.807, 2.05) is 0 Å². The minimum absolute atomic E-state index is 0.0246. The van der Waals surface area contributed by atoms with Gasteiger partial charge in [0.05, 0.1) is 22.5 Å². The Kier molecular flexibility index (Phi) is 9.11. The van der Waals surface area contributed by atoms with Crippen molar-refractivity contribution in [3.05, 3.63) is 48.0 Å². The lowest BCUT2D eigenvalue weighted by molar-refractivity contribution is 0.0952. The van der Waals surface area contributed by atoms with E-state index in [-0.39, 0.29) is 34.3 Å². The van der Waals surface area contributed by atoms with E-state index in [1.54, 1.807) is 19.1 Å². The van der Waals surface area contributed by atoms with Crippen molar-refractivity contribution in [2.75, 3.05) is 39.9 Å². The van der Waals surface area contributed by atoms with Crippen molar-refractivity contribution in [3.8, 4) is 11.5 Å². The quantitative estimate of drug-likeness (QED) is 0.429. The van der Waals surface area contributed by atoms with Crippen LogP contribution in [0.1, 0.15) is 36.5 Å². The van der Waals surface area contributed by atoms with E-state index in [1.165, 1.54) is 41.7 Å². The molecule has 0 radical (unpaired) electrons. The van der Waals surface area contributed by atoms with Crippen molar-refractivity contribution in [1.29, 1.82) is 0 Å². The van der Waals surface area contributed by atoms with Gasteiger partial charge in [-0.1, -0.05) is 6.42 Å². The van der Waals surface area contributed by atoms with Gasteiger partial charge < -0.3 is 14.8 Å². The summed E-state index contributed by atoms with van der Waals surface area (Å²) in [5.41, 5.74) is 0.119. The van der Waals surface area contributed by atoms with Crippen molar-refractivity contribution < 1.29 is 31.1 Å². The van der Waals surface area contributed by atoms with Crippen LogP contribution in [0.5, 0.6) is 11.5 Å². The number of benzene rings is 2. The van der Waals surface area contributed by atoms with Crippen molar-refractivity contribution in [2.24, 2.45) is 0 Å². The summed E-state index contributed by atoms with van der Waals surface area (Å²) < 4.78 is 65.4. The van der Waals surface area contributed by atoms with Gasteiger partial charge in [0.15, 0.2) is 0 Å². The molecule has 0 bridgehead atoms. The maximum Gasteiger partial charge on any atom is 0.255 e. The number of ether oxygens (including phenoxy) is 2. The molecule has 1 amide bonds. The van der Waals surface area contributed by atoms with Crippen LogP contribution in [0, 0.1) is 0 Å².